The summed E-state index contributed by atoms with van der Waals surface area (Å²) in [4.78, 5) is 16.6. The van der Waals surface area contributed by atoms with Crippen molar-refractivity contribution in [1.82, 2.24) is 15.1 Å². The molecule has 2 fully saturated rings. The Morgan fingerprint density at radius 1 is 1.24 bits per heavy atom. The lowest BCUT2D eigenvalue weighted by Gasteiger charge is -2.42. The van der Waals surface area contributed by atoms with Gasteiger partial charge in [0, 0.05) is 43.3 Å². The van der Waals surface area contributed by atoms with Gasteiger partial charge in [0.15, 0.2) is 0 Å². The number of nitrogens with zero attached hydrogens (tertiary/aromatic N) is 2. The van der Waals surface area contributed by atoms with E-state index in [4.69, 9.17) is 16.0 Å². The molecule has 2 saturated heterocycles. The Morgan fingerprint density at radius 3 is 2.96 bits per heavy atom. The van der Waals surface area contributed by atoms with E-state index < -0.39 is 0 Å². The van der Waals surface area contributed by atoms with Gasteiger partial charge in [0.25, 0.3) is 0 Å². The molecule has 2 aromatic rings. The van der Waals surface area contributed by atoms with Gasteiger partial charge in [-0.25, -0.2) is 0 Å². The number of fused-ring (bicyclic) bond motifs is 1. The van der Waals surface area contributed by atoms with Gasteiger partial charge >= 0.3 is 0 Å². The largest absolute Gasteiger partial charge is 0.460 e. The second kappa shape index (κ2) is 6.83. The average molecular weight is 360 g/mol. The van der Waals surface area contributed by atoms with Crippen LogP contribution >= 0.6 is 11.6 Å². The maximum Gasteiger partial charge on any atom is 0.238 e. The van der Waals surface area contributed by atoms with E-state index in [9.17, 15) is 4.79 Å². The molecule has 1 aromatic heterocycles. The van der Waals surface area contributed by atoms with Crippen LogP contribution in [-0.2, 0) is 11.3 Å². The summed E-state index contributed by atoms with van der Waals surface area (Å²) in [6, 6.07) is 9.92. The van der Waals surface area contributed by atoms with Crippen molar-refractivity contribution in [3.8, 4) is 11.3 Å². The van der Waals surface area contributed by atoms with Gasteiger partial charge in [-0.05, 0) is 30.7 Å². The highest BCUT2D eigenvalue weighted by atomic mass is 35.5. The number of furan rings is 1. The summed E-state index contributed by atoms with van der Waals surface area (Å²) in [6.45, 7) is 7.05. The number of hydrogen-bond donors (Lipinski definition) is 1. The molecule has 0 radical (unpaired) electrons. The topological polar surface area (TPSA) is 48.7 Å². The van der Waals surface area contributed by atoms with Crippen LogP contribution in [0.25, 0.3) is 11.3 Å². The van der Waals surface area contributed by atoms with E-state index >= 15 is 0 Å². The lowest BCUT2D eigenvalue weighted by Crippen LogP contribution is -2.63. The van der Waals surface area contributed by atoms with Crippen molar-refractivity contribution in [2.75, 3.05) is 32.7 Å². The normalized spacial score (nSPS) is 21.8. The fourth-order valence-electron chi connectivity index (χ4n) is 3.56. The first kappa shape index (κ1) is 16.6. The molecule has 6 heteroatoms. The first-order valence-corrected chi connectivity index (χ1v) is 9.07. The average Bonchev–Trinajstić information content (AvgIpc) is 3.07. The summed E-state index contributed by atoms with van der Waals surface area (Å²) < 4.78 is 6.02. The van der Waals surface area contributed by atoms with Crippen molar-refractivity contribution in [3.05, 3.63) is 46.7 Å². The Hall–Kier alpha value is -1.82. The van der Waals surface area contributed by atoms with Crippen LogP contribution < -0.4 is 5.32 Å². The van der Waals surface area contributed by atoms with E-state index in [-0.39, 0.29) is 11.9 Å². The number of benzene rings is 1. The number of piperazine rings is 2. The zero-order valence-electron chi connectivity index (χ0n) is 14.3. The SMILES string of the molecule is Cc1ccc(-c2ccc(CN3CCN4CCNC(=O)C4C3)o2)cc1Cl. The predicted molar refractivity (Wildman–Crippen MR) is 97.5 cm³/mol. The number of aryl methyl sites for hydroxylation is 1. The molecular weight excluding hydrogens is 338 g/mol. The highest BCUT2D eigenvalue weighted by molar-refractivity contribution is 6.31. The highest BCUT2D eigenvalue weighted by Gasteiger charge is 2.34. The summed E-state index contributed by atoms with van der Waals surface area (Å²) in [5.41, 5.74) is 2.04. The lowest BCUT2D eigenvalue weighted by atomic mass is 10.1. The highest BCUT2D eigenvalue weighted by Crippen LogP contribution is 2.27. The minimum Gasteiger partial charge on any atom is -0.460 e. The van der Waals surface area contributed by atoms with Crippen molar-refractivity contribution in [2.24, 2.45) is 0 Å². The fraction of sp³-hybridized carbons (Fsp3) is 0.421. The van der Waals surface area contributed by atoms with Gasteiger partial charge in [0.05, 0.1) is 6.54 Å². The van der Waals surface area contributed by atoms with Crippen molar-refractivity contribution >= 4 is 17.5 Å². The minimum atomic E-state index is -0.0344. The van der Waals surface area contributed by atoms with Gasteiger partial charge in [-0.3, -0.25) is 14.6 Å². The van der Waals surface area contributed by atoms with Crippen LogP contribution in [0.1, 0.15) is 11.3 Å². The van der Waals surface area contributed by atoms with Gasteiger partial charge in [-0.1, -0.05) is 23.7 Å². The Labute approximate surface area is 152 Å². The smallest absolute Gasteiger partial charge is 0.238 e. The Morgan fingerprint density at radius 2 is 2.12 bits per heavy atom. The number of amides is 1. The molecule has 2 aliphatic heterocycles. The molecule has 5 nitrogen and oxygen atoms in total. The van der Waals surface area contributed by atoms with Crippen LogP contribution in [0.5, 0.6) is 0 Å². The van der Waals surface area contributed by atoms with Crippen molar-refractivity contribution < 1.29 is 9.21 Å². The second-order valence-electron chi connectivity index (χ2n) is 6.81. The summed E-state index contributed by atoms with van der Waals surface area (Å²) in [6.07, 6.45) is 0. The molecule has 1 atom stereocenters. The first-order valence-electron chi connectivity index (χ1n) is 8.69. The molecule has 132 valence electrons. The maximum atomic E-state index is 12.1. The summed E-state index contributed by atoms with van der Waals surface area (Å²) in [7, 11) is 0. The molecule has 25 heavy (non-hydrogen) atoms. The van der Waals surface area contributed by atoms with Crippen molar-refractivity contribution in [1.29, 1.82) is 0 Å². The third-order valence-corrected chi connectivity index (χ3v) is 5.48. The number of nitrogens with one attached hydrogen (secondary N) is 1. The molecule has 4 rings (SSSR count). The fourth-order valence-corrected chi connectivity index (χ4v) is 3.74. The van der Waals surface area contributed by atoms with E-state index in [1.807, 2.05) is 37.3 Å². The zero-order valence-corrected chi connectivity index (χ0v) is 15.1. The van der Waals surface area contributed by atoms with Crippen LogP contribution in [0.15, 0.2) is 34.7 Å². The number of carbonyl (C=O) groups is 1. The molecule has 0 saturated carbocycles. The van der Waals surface area contributed by atoms with Gasteiger partial charge in [-0.15, -0.1) is 0 Å². The molecule has 2 aliphatic rings. The zero-order chi connectivity index (χ0) is 17.4. The summed E-state index contributed by atoms with van der Waals surface area (Å²) >= 11 is 6.21. The molecule has 1 N–H and O–H groups in total. The Balaban J connectivity index is 1.44. The first-order chi connectivity index (χ1) is 12.1. The van der Waals surface area contributed by atoms with E-state index in [0.717, 1.165) is 66.9 Å². The van der Waals surface area contributed by atoms with Gasteiger partial charge in [0.1, 0.15) is 17.6 Å². The van der Waals surface area contributed by atoms with Gasteiger partial charge < -0.3 is 9.73 Å². The molecule has 3 heterocycles. The van der Waals surface area contributed by atoms with Gasteiger partial charge in [0.2, 0.25) is 5.91 Å². The van der Waals surface area contributed by atoms with Crippen LogP contribution in [0.2, 0.25) is 5.02 Å². The third kappa shape index (κ3) is 3.45. The monoisotopic (exact) mass is 359 g/mol. The maximum absolute atomic E-state index is 12.1. The Kier molecular flexibility index (Phi) is 4.54. The number of hydrogen-bond acceptors (Lipinski definition) is 4. The van der Waals surface area contributed by atoms with Crippen molar-refractivity contribution in [3.63, 3.8) is 0 Å². The lowest BCUT2D eigenvalue weighted by molar-refractivity contribution is -0.132. The van der Waals surface area contributed by atoms with E-state index in [1.165, 1.54) is 0 Å². The second-order valence-corrected chi connectivity index (χ2v) is 7.22. The summed E-state index contributed by atoms with van der Waals surface area (Å²) in [5.74, 6) is 1.88. The number of carbonyl (C=O) groups excluding carboxylic acids is 1. The van der Waals surface area contributed by atoms with Gasteiger partial charge in [-0.2, -0.15) is 0 Å². The molecule has 0 bridgehead atoms. The van der Waals surface area contributed by atoms with Crippen LogP contribution in [0, 0.1) is 6.92 Å². The molecular formula is C19H22ClN3O2. The van der Waals surface area contributed by atoms with Crippen LogP contribution in [0.3, 0.4) is 0 Å². The number of halogens is 1. The quantitative estimate of drug-likeness (QED) is 0.914. The number of rotatable bonds is 3. The molecule has 1 aromatic carbocycles. The molecule has 1 amide bonds. The Bertz CT molecular complexity index is 789. The third-order valence-electron chi connectivity index (χ3n) is 5.07. The standard InChI is InChI=1S/C19H22ClN3O2/c1-13-2-3-14(10-16(13)20)18-5-4-15(25-18)11-22-8-9-23-7-6-21-19(24)17(23)12-22/h2-5,10,17H,6-9,11-12H2,1H3,(H,21,24). The van der Waals surface area contributed by atoms with Crippen LogP contribution in [-0.4, -0.2) is 54.5 Å². The predicted octanol–water partition coefficient (Wildman–Crippen LogP) is 2.52. The molecule has 1 unspecified atom stereocenters. The van der Waals surface area contributed by atoms with E-state index in [0.29, 0.717) is 0 Å². The molecule has 0 aliphatic carbocycles. The van der Waals surface area contributed by atoms with E-state index in [1.54, 1.807) is 0 Å². The van der Waals surface area contributed by atoms with Crippen molar-refractivity contribution in [2.45, 2.75) is 19.5 Å². The van der Waals surface area contributed by atoms with Crippen LogP contribution in [0.4, 0.5) is 0 Å². The minimum absolute atomic E-state index is 0.0344. The van der Waals surface area contributed by atoms with E-state index in [2.05, 4.69) is 15.1 Å². The summed E-state index contributed by atoms with van der Waals surface area (Å²) in [5, 5.41) is 3.70. The molecule has 0 spiro atoms.